The number of thiophene rings is 1. The Hall–Kier alpha value is -2.99. The van der Waals surface area contributed by atoms with E-state index in [1.165, 1.54) is 16.9 Å². The van der Waals surface area contributed by atoms with Gasteiger partial charge in [0.05, 0.1) is 9.88 Å². The highest BCUT2D eigenvalue weighted by Crippen LogP contribution is 2.32. The molecule has 1 aliphatic rings. The smallest absolute Gasteiger partial charge is 0.264 e. The average molecular weight is 406 g/mol. The summed E-state index contributed by atoms with van der Waals surface area (Å²) in [6.45, 7) is 1.11. The van der Waals surface area contributed by atoms with Gasteiger partial charge in [-0.25, -0.2) is 0 Å². The third kappa shape index (κ3) is 5.29. The number of pyridine rings is 1. The van der Waals surface area contributed by atoms with Crippen molar-refractivity contribution in [2.45, 2.75) is 25.8 Å². The van der Waals surface area contributed by atoms with Crippen molar-refractivity contribution in [3.05, 3.63) is 83.0 Å². The minimum Gasteiger partial charge on any atom is -0.333 e. The lowest BCUT2D eigenvalue weighted by atomic mass is 10.1. The van der Waals surface area contributed by atoms with Crippen molar-refractivity contribution in [1.29, 1.82) is 0 Å². The number of nitrogens with zero attached hydrogens (tertiary/aromatic N) is 2. The Morgan fingerprint density at radius 1 is 1.03 bits per heavy atom. The highest BCUT2D eigenvalue weighted by molar-refractivity contribution is 7.18. The molecule has 1 N–H and O–H groups in total. The topological polar surface area (TPSA) is 62.3 Å². The fraction of sp³-hybridized carbons (Fsp3) is 0.261. The summed E-state index contributed by atoms with van der Waals surface area (Å²) in [6.07, 6.45) is 6.22. The predicted molar refractivity (Wildman–Crippen MR) is 115 cm³/mol. The number of carbonyl (C=O) groups excluding carboxylic acids is 2. The van der Waals surface area contributed by atoms with Gasteiger partial charge in [-0.2, -0.15) is 0 Å². The zero-order valence-corrected chi connectivity index (χ0v) is 16.9. The van der Waals surface area contributed by atoms with Crippen molar-refractivity contribution in [3.63, 3.8) is 0 Å². The van der Waals surface area contributed by atoms with Crippen molar-refractivity contribution < 1.29 is 9.59 Å². The van der Waals surface area contributed by atoms with Gasteiger partial charge in [0.1, 0.15) is 0 Å². The second kappa shape index (κ2) is 9.01. The molecule has 0 saturated heterocycles. The average Bonchev–Trinajstić information content (AvgIpc) is 3.51. The standard InChI is InChI=1S/C23H23N3O2S/c27-22(19-8-9-19)25-21-11-10-20(29-21)23(28)26(16-18-7-4-13-24-15-18)14-12-17-5-2-1-3-6-17/h1-7,10-11,13,15,19H,8-9,12,14,16H2,(H,25,27). The van der Waals surface area contributed by atoms with E-state index in [0.29, 0.717) is 18.0 Å². The monoisotopic (exact) mass is 405 g/mol. The molecular formula is C23H23N3O2S. The minimum atomic E-state index is -0.0262. The molecule has 4 rings (SSSR count). The van der Waals surface area contributed by atoms with E-state index in [4.69, 9.17) is 0 Å². The molecule has 2 heterocycles. The molecule has 148 valence electrons. The molecule has 2 aromatic heterocycles. The number of nitrogens with one attached hydrogen (secondary N) is 1. The van der Waals surface area contributed by atoms with Crippen LogP contribution in [-0.4, -0.2) is 28.2 Å². The van der Waals surface area contributed by atoms with Crippen molar-refractivity contribution in [2.24, 2.45) is 5.92 Å². The van der Waals surface area contributed by atoms with Gasteiger partial charge in [0.25, 0.3) is 5.91 Å². The molecule has 1 aromatic carbocycles. The Morgan fingerprint density at radius 3 is 2.55 bits per heavy atom. The summed E-state index contributed by atoms with van der Waals surface area (Å²) in [7, 11) is 0. The van der Waals surface area contributed by atoms with Crippen LogP contribution in [0.5, 0.6) is 0 Å². The Balaban J connectivity index is 1.47. The van der Waals surface area contributed by atoms with Crippen molar-refractivity contribution >= 4 is 28.2 Å². The molecule has 6 heteroatoms. The van der Waals surface area contributed by atoms with Crippen LogP contribution >= 0.6 is 11.3 Å². The van der Waals surface area contributed by atoms with Crippen molar-refractivity contribution in [3.8, 4) is 0 Å². The van der Waals surface area contributed by atoms with Gasteiger partial charge < -0.3 is 10.2 Å². The van der Waals surface area contributed by atoms with Crippen LogP contribution in [0.15, 0.2) is 67.0 Å². The Labute approximate surface area is 174 Å². The largest absolute Gasteiger partial charge is 0.333 e. The number of benzene rings is 1. The summed E-state index contributed by atoms with van der Waals surface area (Å²) in [5.74, 6) is 0.174. The SMILES string of the molecule is O=C(Nc1ccc(C(=O)N(CCc2ccccc2)Cc2cccnc2)s1)C1CC1. The molecule has 0 aliphatic heterocycles. The summed E-state index contributed by atoms with van der Waals surface area (Å²) in [4.78, 5) is 31.8. The first-order chi connectivity index (χ1) is 14.2. The lowest BCUT2D eigenvalue weighted by molar-refractivity contribution is -0.117. The first-order valence-electron chi connectivity index (χ1n) is 9.82. The molecule has 2 amide bonds. The van der Waals surface area contributed by atoms with Crippen LogP contribution in [0, 0.1) is 5.92 Å². The maximum Gasteiger partial charge on any atom is 0.264 e. The highest BCUT2D eigenvalue weighted by atomic mass is 32.1. The summed E-state index contributed by atoms with van der Waals surface area (Å²) >= 11 is 1.34. The first kappa shape index (κ1) is 19.3. The fourth-order valence-corrected chi connectivity index (χ4v) is 4.00. The second-order valence-electron chi connectivity index (χ2n) is 7.25. The van der Waals surface area contributed by atoms with Crippen LogP contribution < -0.4 is 5.32 Å². The van der Waals surface area contributed by atoms with Crippen molar-refractivity contribution in [1.82, 2.24) is 9.88 Å². The molecule has 0 radical (unpaired) electrons. The van der Waals surface area contributed by atoms with Gasteiger partial charge in [0.2, 0.25) is 5.91 Å². The molecule has 1 saturated carbocycles. The molecular weight excluding hydrogens is 382 g/mol. The van der Waals surface area contributed by atoms with Crippen LogP contribution in [0.25, 0.3) is 0 Å². The lowest BCUT2D eigenvalue weighted by Crippen LogP contribution is -2.32. The maximum absolute atomic E-state index is 13.2. The zero-order valence-electron chi connectivity index (χ0n) is 16.1. The van der Waals surface area contributed by atoms with Crippen LogP contribution in [0.2, 0.25) is 0 Å². The molecule has 1 fully saturated rings. The molecule has 0 bridgehead atoms. The summed E-state index contributed by atoms with van der Waals surface area (Å²) in [5.41, 5.74) is 2.19. The lowest BCUT2D eigenvalue weighted by Gasteiger charge is -2.22. The van der Waals surface area contributed by atoms with Crippen LogP contribution in [0.1, 0.15) is 33.6 Å². The Kier molecular flexibility index (Phi) is 6.00. The van der Waals surface area contributed by atoms with Crippen molar-refractivity contribution in [2.75, 3.05) is 11.9 Å². The van der Waals surface area contributed by atoms with Gasteiger partial charge in [-0.15, -0.1) is 11.3 Å². The molecule has 1 aliphatic carbocycles. The number of rotatable bonds is 8. The molecule has 29 heavy (non-hydrogen) atoms. The summed E-state index contributed by atoms with van der Waals surface area (Å²) in [5, 5.41) is 3.66. The van der Waals surface area contributed by atoms with Crippen LogP contribution in [-0.2, 0) is 17.8 Å². The van der Waals surface area contributed by atoms with Gasteiger partial charge in [-0.05, 0) is 48.6 Å². The van der Waals surface area contributed by atoms with Gasteiger partial charge in [-0.1, -0.05) is 36.4 Å². The van der Waals surface area contributed by atoms with E-state index in [1.807, 2.05) is 41.3 Å². The van der Waals surface area contributed by atoms with Gasteiger partial charge in [0, 0.05) is 31.4 Å². The van der Waals surface area contributed by atoms with Gasteiger partial charge >= 0.3 is 0 Å². The van der Waals surface area contributed by atoms with Crippen LogP contribution in [0.4, 0.5) is 5.00 Å². The number of aromatic nitrogens is 1. The van der Waals surface area contributed by atoms with Crippen LogP contribution in [0.3, 0.4) is 0 Å². The Bertz CT molecular complexity index is 968. The minimum absolute atomic E-state index is 0.0262. The molecule has 0 unspecified atom stereocenters. The quantitative estimate of drug-likeness (QED) is 0.605. The van der Waals surface area contributed by atoms with E-state index in [9.17, 15) is 9.59 Å². The third-order valence-corrected chi connectivity index (χ3v) is 5.90. The predicted octanol–water partition coefficient (Wildman–Crippen LogP) is 4.38. The molecule has 0 spiro atoms. The van der Waals surface area contributed by atoms with Gasteiger partial charge in [-0.3, -0.25) is 14.6 Å². The first-order valence-corrected chi connectivity index (χ1v) is 10.6. The number of carbonyl (C=O) groups is 2. The molecule has 0 atom stereocenters. The van der Waals surface area contributed by atoms with E-state index >= 15 is 0 Å². The van der Waals surface area contributed by atoms with E-state index in [1.54, 1.807) is 18.5 Å². The summed E-state index contributed by atoms with van der Waals surface area (Å²) < 4.78 is 0. The maximum atomic E-state index is 13.2. The highest BCUT2D eigenvalue weighted by Gasteiger charge is 2.30. The molecule has 5 nitrogen and oxygen atoms in total. The van der Waals surface area contributed by atoms with E-state index < -0.39 is 0 Å². The third-order valence-electron chi connectivity index (χ3n) is 4.91. The number of hydrogen-bond donors (Lipinski definition) is 1. The normalized spacial score (nSPS) is 13.1. The van der Waals surface area contributed by atoms with E-state index in [0.717, 1.165) is 29.8 Å². The number of amides is 2. The zero-order chi connectivity index (χ0) is 20.1. The van der Waals surface area contributed by atoms with Gasteiger partial charge in [0.15, 0.2) is 0 Å². The number of anilines is 1. The number of hydrogen-bond acceptors (Lipinski definition) is 4. The molecule has 3 aromatic rings. The Morgan fingerprint density at radius 2 is 1.83 bits per heavy atom. The fourth-order valence-electron chi connectivity index (χ4n) is 3.12. The van der Waals surface area contributed by atoms with E-state index in [-0.39, 0.29) is 17.7 Å². The van der Waals surface area contributed by atoms with E-state index in [2.05, 4.69) is 22.4 Å². The summed E-state index contributed by atoms with van der Waals surface area (Å²) in [6, 6.07) is 17.6. The second-order valence-corrected chi connectivity index (χ2v) is 8.33.